The summed E-state index contributed by atoms with van der Waals surface area (Å²) in [5.41, 5.74) is 0. The van der Waals surface area contributed by atoms with Crippen LogP contribution in [0.4, 0.5) is 0 Å². The third-order valence-corrected chi connectivity index (χ3v) is 1.81. The number of hydrogen-bond acceptors (Lipinski definition) is 2. The maximum atomic E-state index is 10.3. The lowest BCUT2D eigenvalue weighted by atomic mass is 10.3. The Balaban J connectivity index is 2.04. The van der Waals surface area contributed by atoms with Crippen molar-refractivity contribution >= 4 is 5.97 Å². The Morgan fingerprint density at radius 2 is 2.55 bits per heavy atom. The van der Waals surface area contributed by atoms with E-state index in [1.54, 1.807) is 6.08 Å². The summed E-state index contributed by atoms with van der Waals surface area (Å²) in [4.78, 5) is 10.3. The molecule has 3 heteroatoms. The highest BCUT2D eigenvalue weighted by molar-refractivity contribution is 5.73. The molecule has 0 spiro atoms. The van der Waals surface area contributed by atoms with Gasteiger partial charge in [-0.25, -0.2) is 0 Å². The van der Waals surface area contributed by atoms with Crippen LogP contribution in [0.3, 0.4) is 0 Å². The van der Waals surface area contributed by atoms with Gasteiger partial charge in [-0.3, -0.25) is 4.79 Å². The zero-order valence-electron chi connectivity index (χ0n) is 6.32. The van der Waals surface area contributed by atoms with Crippen molar-refractivity contribution in [2.45, 2.75) is 6.42 Å². The summed E-state index contributed by atoms with van der Waals surface area (Å²) in [6.45, 7) is 4.57. The predicted octanol–water partition coefficient (Wildman–Crippen LogP) is 0.910. The van der Waals surface area contributed by atoms with Crippen molar-refractivity contribution in [1.82, 2.24) is 0 Å². The lowest BCUT2D eigenvalue weighted by Crippen LogP contribution is -2.04. The third kappa shape index (κ3) is 2.35. The number of aliphatic carboxylic acids is 1. The molecule has 1 aliphatic rings. The molecule has 0 aliphatic heterocycles. The summed E-state index contributed by atoms with van der Waals surface area (Å²) >= 11 is 0. The van der Waals surface area contributed by atoms with Crippen LogP contribution in [0.15, 0.2) is 12.7 Å². The number of carboxylic acid groups (broad SMARTS) is 1. The molecular formula is C8H12O3. The van der Waals surface area contributed by atoms with Gasteiger partial charge >= 0.3 is 5.97 Å². The van der Waals surface area contributed by atoms with Crippen LogP contribution in [0.25, 0.3) is 0 Å². The predicted molar refractivity (Wildman–Crippen MR) is 40.2 cm³/mol. The highest BCUT2D eigenvalue weighted by Crippen LogP contribution is 2.38. The summed E-state index contributed by atoms with van der Waals surface area (Å²) in [7, 11) is 0. The molecule has 2 atom stereocenters. The Hall–Kier alpha value is -0.830. The number of rotatable bonds is 5. The molecule has 0 amide bonds. The normalized spacial score (nSPS) is 28.0. The fourth-order valence-electron chi connectivity index (χ4n) is 1.04. The lowest BCUT2D eigenvalue weighted by molar-refractivity contribution is -0.139. The van der Waals surface area contributed by atoms with Crippen LogP contribution in [-0.4, -0.2) is 24.3 Å². The van der Waals surface area contributed by atoms with Crippen molar-refractivity contribution in [3.05, 3.63) is 12.7 Å². The highest BCUT2D eigenvalue weighted by Gasteiger charge is 2.42. The second kappa shape index (κ2) is 3.53. The Labute approximate surface area is 65.7 Å². The molecule has 3 nitrogen and oxygen atoms in total. The number of carboxylic acids is 1. The first kappa shape index (κ1) is 8.27. The number of hydrogen-bond donors (Lipinski definition) is 1. The van der Waals surface area contributed by atoms with Gasteiger partial charge < -0.3 is 9.84 Å². The average molecular weight is 156 g/mol. The molecule has 0 bridgehead atoms. The molecule has 0 aromatic carbocycles. The lowest BCUT2D eigenvalue weighted by Gasteiger charge is -1.96. The van der Waals surface area contributed by atoms with Crippen molar-refractivity contribution in [2.75, 3.05) is 13.2 Å². The van der Waals surface area contributed by atoms with Gasteiger partial charge in [0.25, 0.3) is 0 Å². The van der Waals surface area contributed by atoms with Crippen molar-refractivity contribution < 1.29 is 14.6 Å². The van der Waals surface area contributed by atoms with Gasteiger partial charge in [-0.2, -0.15) is 0 Å². The zero-order valence-corrected chi connectivity index (χ0v) is 6.32. The topological polar surface area (TPSA) is 46.5 Å². The molecule has 0 aromatic rings. The number of carbonyl (C=O) groups is 1. The van der Waals surface area contributed by atoms with Gasteiger partial charge in [0.1, 0.15) is 0 Å². The largest absolute Gasteiger partial charge is 0.481 e. The standard InChI is InChI=1S/C8H12O3/c1-2-3-11-5-6-4-7(6)8(9)10/h2,6-7H,1,3-5H2,(H,9,10)/t6-,7+/m0/s1. The Morgan fingerprint density at radius 3 is 3.00 bits per heavy atom. The summed E-state index contributed by atoms with van der Waals surface area (Å²) in [6.07, 6.45) is 2.44. The molecule has 1 N–H and O–H groups in total. The Bertz CT molecular complexity index is 165. The average Bonchev–Trinajstić information content (AvgIpc) is 2.68. The SMILES string of the molecule is C=CCOC[C@@H]1C[C@H]1C(=O)O. The van der Waals surface area contributed by atoms with Crippen molar-refractivity contribution in [1.29, 1.82) is 0 Å². The van der Waals surface area contributed by atoms with E-state index >= 15 is 0 Å². The van der Waals surface area contributed by atoms with E-state index in [0.29, 0.717) is 13.2 Å². The summed E-state index contributed by atoms with van der Waals surface area (Å²) in [5, 5.41) is 8.50. The van der Waals surface area contributed by atoms with Gasteiger partial charge in [-0.05, 0) is 12.3 Å². The Morgan fingerprint density at radius 1 is 1.82 bits per heavy atom. The fourth-order valence-corrected chi connectivity index (χ4v) is 1.04. The minimum absolute atomic E-state index is 0.153. The van der Waals surface area contributed by atoms with E-state index in [1.807, 2.05) is 0 Å². The van der Waals surface area contributed by atoms with Gasteiger partial charge in [-0.1, -0.05) is 6.08 Å². The van der Waals surface area contributed by atoms with Crippen LogP contribution in [0.5, 0.6) is 0 Å². The quantitative estimate of drug-likeness (QED) is 0.475. The smallest absolute Gasteiger partial charge is 0.306 e. The van der Waals surface area contributed by atoms with Crippen LogP contribution in [0.2, 0.25) is 0 Å². The van der Waals surface area contributed by atoms with E-state index in [2.05, 4.69) is 6.58 Å². The number of ether oxygens (including phenoxy) is 1. The molecule has 1 aliphatic carbocycles. The van der Waals surface area contributed by atoms with Crippen molar-refractivity contribution in [3.8, 4) is 0 Å². The van der Waals surface area contributed by atoms with Crippen LogP contribution >= 0.6 is 0 Å². The van der Waals surface area contributed by atoms with E-state index in [1.165, 1.54) is 0 Å². The molecule has 1 saturated carbocycles. The summed E-state index contributed by atoms with van der Waals surface area (Å²) in [6, 6.07) is 0. The van der Waals surface area contributed by atoms with E-state index < -0.39 is 5.97 Å². The van der Waals surface area contributed by atoms with Gasteiger partial charge in [0.05, 0.1) is 19.1 Å². The van der Waals surface area contributed by atoms with Gasteiger partial charge in [0, 0.05) is 0 Å². The molecular weight excluding hydrogens is 144 g/mol. The van der Waals surface area contributed by atoms with E-state index in [0.717, 1.165) is 6.42 Å². The van der Waals surface area contributed by atoms with Crippen LogP contribution in [0.1, 0.15) is 6.42 Å². The third-order valence-electron chi connectivity index (χ3n) is 1.81. The van der Waals surface area contributed by atoms with E-state index in [-0.39, 0.29) is 11.8 Å². The second-order valence-corrected chi connectivity index (χ2v) is 2.77. The zero-order chi connectivity index (χ0) is 8.27. The maximum Gasteiger partial charge on any atom is 0.306 e. The minimum atomic E-state index is -0.697. The molecule has 0 unspecified atom stereocenters. The first-order chi connectivity index (χ1) is 5.25. The first-order valence-corrected chi connectivity index (χ1v) is 3.67. The second-order valence-electron chi connectivity index (χ2n) is 2.77. The molecule has 1 fully saturated rings. The summed E-state index contributed by atoms with van der Waals surface area (Å²) < 4.78 is 5.11. The molecule has 0 saturated heterocycles. The van der Waals surface area contributed by atoms with Crippen molar-refractivity contribution in [2.24, 2.45) is 11.8 Å². The highest BCUT2D eigenvalue weighted by atomic mass is 16.5. The minimum Gasteiger partial charge on any atom is -0.481 e. The molecule has 0 heterocycles. The molecule has 0 radical (unpaired) electrons. The maximum absolute atomic E-state index is 10.3. The molecule has 0 aromatic heterocycles. The van der Waals surface area contributed by atoms with Crippen molar-refractivity contribution in [3.63, 3.8) is 0 Å². The Kier molecular flexibility index (Phi) is 2.65. The first-order valence-electron chi connectivity index (χ1n) is 3.67. The fraction of sp³-hybridized carbons (Fsp3) is 0.625. The van der Waals surface area contributed by atoms with E-state index in [4.69, 9.17) is 9.84 Å². The monoisotopic (exact) mass is 156 g/mol. The molecule has 1 rings (SSSR count). The van der Waals surface area contributed by atoms with E-state index in [9.17, 15) is 4.79 Å². The van der Waals surface area contributed by atoms with Gasteiger partial charge in [-0.15, -0.1) is 6.58 Å². The van der Waals surface area contributed by atoms with Crippen LogP contribution < -0.4 is 0 Å². The van der Waals surface area contributed by atoms with Gasteiger partial charge in [0.2, 0.25) is 0 Å². The molecule has 11 heavy (non-hydrogen) atoms. The van der Waals surface area contributed by atoms with Gasteiger partial charge in [0.15, 0.2) is 0 Å². The van der Waals surface area contributed by atoms with Crippen LogP contribution in [-0.2, 0) is 9.53 Å². The summed E-state index contributed by atoms with van der Waals surface area (Å²) in [5.74, 6) is -0.607. The molecule has 62 valence electrons. The van der Waals surface area contributed by atoms with Crippen LogP contribution in [0, 0.1) is 11.8 Å².